The Morgan fingerprint density at radius 2 is 2.00 bits per heavy atom. The summed E-state index contributed by atoms with van der Waals surface area (Å²) in [5, 5.41) is 5.69. The summed E-state index contributed by atoms with van der Waals surface area (Å²) in [7, 11) is 0. The van der Waals surface area contributed by atoms with Crippen LogP contribution in [-0.4, -0.2) is 36.1 Å². The number of nitrogens with zero attached hydrogens (tertiary/aromatic N) is 2. The minimum Gasteiger partial charge on any atom is -0.398 e. The normalized spacial score (nSPS) is 16.0. The Labute approximate surface area is 113 Å². The first kappa shape index (κ1) is 12.2. The van der Waals surface area contributed by atoms with Gasteiger partial charge in [0.1, 0.15) is 0 Å². The summed E-state index contributed by atoms with van der Waals surface area (Å²) in [6.45, 7) is 4.57. The first-order chi connectivity index (χ1) is 9.34. The van der Waals surface area contributed by atoms with Gasteiger partial charge in [-0.3, -0.25) is 4.98 Å². The van der Waals surface area contributed by atoms with Gasteiger partial charge in [-0.2, -0.15) is 0 Å². The van der Waals surface area contributed by atoms with E-state index in [1.807, 2.05) is 24.5 Å². The molecule has 0 saturated carbocycles. The highest BCUT2D eigenvalue weighted by Gasteiger charge is 2.10. The van der Waals surface area contributed by atoms with Crippen LogP contribution in [-0.2, 0) is 0 Å². The number of aromatic nitrogens is 1. The van der Waals surface area contributed by atoms with Crippen molar-refractivity contribution in [3.05, 3.63) is 30.6 Å². The van der Waals surface area contributed by atoms with Crippen molar-refractivity contribution in [3.63, 3.8) is 0 Å². The molecule has 0 atom stereocenters. The standard InChI is InChI=1S/C15H20N4/c16-14-3-4-15(12-5-6-17-11-13(12)14)18-7-10-19-8-1-2-9-19/h3-6,11,18H,1-2,7-10,16H2. The van der Waals surface area contributed by atoms with Gasteiger partial charge in [-0.25, -0.2) is 0 Å². The van der Waals surface area contributed by atoms with E-state index >= 15 is 0 Å². The number of likely N-dealkylation sites (tertiary alicyclic amines) is 1. The average molecular weight is 256 g/mol. The van der Waals surface area contributed by atoms with E-state index in [-0.39, 0.29) is 0 Å². The molecule has 1 aromatic heterocycles. The smallest absolute Gasteiger partial charge is 0.0422 e. The highest BCUT2D eigenvalue weighted by atomic mass is 15.1. The predicted molar refractivity (Wildman–Crippen MR) is 80.3 cm³/mol. The molecule has 3 rings (SSSR count). The van der Waals surface area contributed by atoms with Crippen LogP contribution in [0.25, 0.3) is 10.8 Å². The van der Waals surface area contributed by atoms with Crippen LogP contribution in [0, 0.1) is 0 Å². The fraction of sp³-hybridized carbons (Fsp3) is 0.400. The van der Waals surface area contributed by atoms with Crippen LogP contribution in [0.3, 0.4) is 0 Å². The SMILES string of the molecule is Nc1ccc(NCCN2CCCC2)c2ccncc12. The molecule has 1 saturated heterocycles. The van der Waals surface area contributed by atoms with E-state index in [0.717, 1.165) is 35.2 Å². The second-order valence-corrected chi connectivity index (χ2v) is 5.10. The third-order valence-electron chi connectivity index (χ3n) is 3.79. The number of hydrogen-bond donors (Lipinski definition) is 2. The first-order valence-electron chi connectivity index (χ1n) is 6.93. The molecule has 0 aliphatic carbocycles. The summed E-state index contributed by atoms with van der Waals surface area (Å²) >= 11 is 0. The molecule has 0 amide bonds. The number of nitrogens with one attached hydrogen (secondary N) is 1. The summed E-state index contributed by atoms with van der Waals surface area (Å²) in [6.07, 6.45) is 6.33. The summed E-state index contributed by atoms with van der Waals surface area (Å²) in [4.78, 5) is 6.65. The van der Waals surface area contributed by atoms with Crippen LogP contribution in [0.2, 0.25) is 0 Å². The minimum atomic E-state index is 0.785. The van der Waals surface area contributed by atoms with Crippen molar-refractivity contribution in [2.75, 3.05) is 37.2 Å². The third kappa shape index (κ3) is 2.63. The fourth-order valence-corrected chi connectivity index (χ4v) is 2.72. The third-order valence-corrected chi connectivity index (χ3v) is 3.79. The van der Waals surface area contributed by atoms with E-state index in [1.165, 1.54) is 25.9 Å². The molecular weight excluding hydrogens is 236 g/mol. The molecule has 19 heavy (non-hydrogen) atoms. The van der Waals surface area contributed by atoms with Crippen LogP contribution in [0.1, 0.15) is 12.8 Å². The maximum atomic E-state index is 5.98. The maximum Gasteiger partial charge on any atom is 0.0422 e. The summed E-state index contributed by atoms with van der Waals surface area (Å²) in [5.74, 6) is 0. The van der Waals surface area contributed by atoms with Crippen molar-refractivity contribution in [2.45, 2.75) is 12.8 Å². The Morgan fingerprint density at radius 1 is 1.16 bits per heavy atom. The van der Waals surface area contributed by atoms with Gasteiger partial charge in [0.15, 0.2) is 0 Å². The molecule has 1 aromatic carbocycles. The van der Waals surface area contributed by atoms with Crippen molar-refractivity contribution in [1.82, 2.24) is 9.88 Å². The summed E-state index contributed by atoms with van der Waals surface area (Å²) in [6, 6.07) is 6.02. The van der Waals surface area contributed by atoms with Crippen LogP contribution in [0.4, 0.5) is 11.4 Å². The number of nitrogens with two attached hydrogens (primary N) is 1. The lowest BCUT2D eigenvalue weighted by molar-refractivity contribution is 0.353. The van der Waals surface area contributed by atoms with E-state index in [0.29, 0.717) is 0 Å². The molecule has 0 radical (unpaired) electrons. The largest absolute Gasteiger partial charge is 0.398 e. The molecule has 4 nitrogen and oxygen atoms in total. The Bertz CT molecular complexity index is 561. The Hall–Kier alpha value is -1.81. The highest BCUT2D eigenvalue weighted by Crippen LogP contribution is 2.27. The predicted octanol–water partition coefficient (Wildman–Crippen LogP) is 2.32. The van der Waals surface area contributed by atoms with Crippen LogP contribution in [0.5, 0.6) is 0 Å². The van der Waals surface area contributed by atoms with Gasteiger partial charge in [-0.15, -0.1) is 0 Å². The number of nitrogen functional groups attached to an aromatic ring is 1. The van der Waals surface area contributed by atoms with Crippen molar-refractivity contribution in [2.24, 2.45) is 0 Å². The highest BCUT2D eigenvalue weighted by molar-refractivity contribution is 6.00. The minimum absolute atomic E-state index is 0.785. The number of hydrogen-bond acceptors (Lipinski definition) is 4. The van der Waals surface area contributed by atoms with Gasteiger partial charge in [0.05, 0.1) is 0 Å². The van der Waals surface area contributed by atoms with E-state index in [4.69, 9.17) is 5.73 Å². The molecular formula is C15H20N4. The molecule has 4 heteroatoms. The summed E-state index contributed by atoms with van der Waals surface area (Å²) in [5.41, 5.74) is 7.91. The van der Waals surface area contributed by atoms with Gasteiger partial charge in [0, 0.05) is 47.6 Å². The van der Waals surface area contributed by atoms with Crippen molar-refractivity contribution in [1.29, 1.82) is 0 Å². The zero-order valence-electron chi connectivity index (χ0n) is 11.1. The van der Waals surface area contributed by atoms with E-state index in [9.17, 15) is 0 Å². The van der Waals surface area contributed by atoms with Crippen molar-refractivity contribution >= 4 is 22.1 Å². The van der Waals surface area contributed by atoms with Crippen molar-refractivity contribution < 1.29 is 0 Å². The second kappa shape index (κ2) is 5.45. The van der Waals surface area contributed by atoms with Gasteiger partial charge in [0.2, 0.25) is 0 Å². The van der Waals surface area contributed by atoms with E-state index in [2.05, 4.69) is 21.3 Å². The molecule has 1 fully saturated rings. The Morgan fingerprint density at radius 3 is 2.84 bits per heavy atom. The zero-order valence-corrected chi connectivity index (χ0v) is 11.1. The number of fused-ring (bicyclic) bond motifs is 1. The monoisotopic (exact) mass is 256 g/mol. The molecule has 100 valence electrons. The van der Waals surface area contributed by atoms with Gasteiger partial charge in [-0.1, -0.05) is 0 Å². The molecule has 1 aliphatic rings. The number of anilines is 2. The maximum absolute atomic E-state index is 5.98. The van der Waals surface area contributed by atoms with Crippen molar-refractivity contribution in [3.8, 4) is 0 Å². The molecule has 2 heterocycles. The van der Waals surface area contributed by atoms with Gasteiger partial charge < -0.3 is 16.0 Å². The first-order valence-corrected chi connectivity index (χ1v) is 6.93. The quantitative estimate of drug-likeness (QED) is 0.824. The average Bonchev–Trinajstić information content (AvgIpc) is 2.95. The zero-order chi connectivity index (χ0) is 13.1. The van der Waals surface area contributed by atoms with Crippen LogP contribution in [0.15, 0.2) is 30.6 Å². The van der Waals surface area contributed by atoms with Crippen LogP contribution >= 0.6 is 0 Å². The number of pyridine rings is 1. The van der Waals surface area contributed by atoms with E-state index in [1.54, 1.807) is 0 Å². The molecule has 2 aromatic rings. The lowest BCUT2D eigenvalue weighted by Gasteiger charge is -2.16. The molecule has 1 aliphatic heterocycles. The van der Waals surface area contributed by atoms with Gasteiger partial charge >= 0.3 is 0 Å². The fourth-order valence-electron chi connectivity index (χ4n) is 2.72. The van der Waals surface area contributed by atoms with E-state index < -0.39 is 0 Å². The number of rotatable bonds is 4. The lowest BCUT2D eigenvalue weighted by Crippen LogP contribution is -2.25. The van der Waals surface area contributed by atoms with Gasteiger partial charge in [0.25, 0.3) is 0 Å². The molecule has 0 spiro atoms. The molecule has 3 N–H and O–H groups in total. The lowest BCUT2D eigenvalue weighted by atomic mass is 10.1. The second-order valence-electron chi connectivity index (χ2n) is 5.10. The Kier molecular flexibility index (Phi) is 3.51. The topological polar surface area (TPSA) is 54.2 Å². The van der Waals surface area contributed by atoms with Gasteiger partial charge in [-0.05, 0) is 44.1 Å². The van der Waals surface area contributed by atoms with Crippen LogP contribution < -0.4 is 11.1 Å². The molecule has 0 bridgehead atoms. The summed E-state index contributed by atoms with van der Waals surface area (Å²) < 4.78 is 0. The molecule has 0 unspecified atom stereocenters. The Balaban J connectivity index is 1.72. The number of benzene rings is 1.